The van der Waals surface area contributed by atoms with E-state index >= 15 is 0 Å². The first-order valence-corrected chi connectivity index (χ1v) is 7.85. The van der Waals surface area contributed by atoms with E-state index in [0.29, 0.717) is 0 Å². The van der Waals surface area contributed by atoms with Gasteiger partial charge >= 0.3 is 0 Å². The molecule has 0 unspecified atom stereocenters. The summed E-state index contributed by atoms with van der Waals surface area (Å²) >= 11 is 0. The molecule has 0 spiro atoms. The van der Waals surface area contributed by atoms with Crippen LogP contribution in [0.2, 0.25) is 0 Å². The minimum absolute atomic E-state index is 0.185. The van der Waals surface area contributed by atoms with Crippen molar-refractivity contribution in [2.45, 2.75) is 20.8 Å². The van der Waals surface area contributed by atoms with Gasteiger partial charge < -0.3 is 4.52 Å². The van der Waals surface area contributed by atoms with Crippen LogP contribution in [0.15, 0.2) is 60.7 Å². The molecular weight excluding hydrogens is 251 g/mol. The second-order valence-electron chi connectivity index (χ2n) is 5.80. The monoisotopic (exact) mass is 272 g/mol. The SMILES string of the molecule is CC(C)(C)COP(c1ccccc1)c1ccccc1. The summed E-state index contributed by atoms with van der Waals surface area (Å²) in [7, 11) is -0.715. The summed E-state index contributed by atoms with van der Waals surface area (Å²) in [5.74, 6) is 0. The van der Waals surface area contributed by atoms with Crippen molar-refractivity contribution in [3.8, 4) is 0 Å². The second-order valence-corrected chi connectivity index (χ2v) is 7.68. The van der Waals surface area contributed by atoms with Crippen molar-refractivity contribution in [1.82, 2.24) is 0 Å². The molecule has 0 aromatic heterocycles. The molecule has 0 radical (unpaired) electrons. The molecule has 0 saturated heterocycles. The summed E-state index contributed by atoms with van der Waals surface area (Å²) < 4.78 is 6.24. The third-order valence-corrected chi connectivity index (χ3v) is 4.53. The molecule has 2 heteroatoms. The molecule has 0 fully saturated rings. The van der Waals surface area contributed by atoms with E-state index in [4.69, 9.17) is 4.52 Å². The summed E-state index contributed by atoms with van der Waals surface area (Å²) in [6.45, 7) is 7.38. The summed E-state index contributed by atoms with van der Waals surface area (Å²) in [5, 5.41) is 2.54. The average molecular weight is 272 g/mol. The van der Waals surface area contributed by atoms with E-state index in [-0.39, 0.29) is 5.41 Å². The van der Waals surface area contributed by atoms with Crippen LogP contribution in [0.3, 0.4) is 0 Å². The minimum atomic E-state index is -0.715. The summed E-state index contributed by atoms with van der Waals surface area (Å²) in [5.41, 5.74) is 0.185. The van der Waals surface area contributed by atoms with Gasteiger partial charge in [-0.05, 0) is 5.41 Å². The molecule has 2 aromatic rings. The fourth-order valence-electron chi connectivity index (χ4n) is 1.68. The van der Waals surface area contributed by atoms with Crippen LogP contribution in [0, 0.1) is 5.41 Å². The minimum Gasteiger partial charge on any atom is -0.349 e. The molecule has 19 heavy (non-hydrogen) atoms. The lowest BCUT2D eigenvalue weighted by molar-refractivity contribution is 0.220. The Morgan fingerprint density at radius 3 is 1.58 bits per heavy atom. The first-order chi connectivity index (χ1) is 9.06. The molecule has 0 aliphatic rings. The summed E-state index contributed by atoms with van der Waals surface area (Å²) in [6, 6.07) is 21.0. The fraction of sp³-hybridized carbons (Fsp3) is 0.294. The molecule has 0 bridgehead atoms. The maximum atomic E-state index is 6.24. The topological polar surface area (TPSA) is 9.23 Å². The molecule has 100 valence electrons. The van der Waals surface area contributed by atoms with E-state index in [1.165, 1.54) is 10.6 Å². The van der Waals surface area contributed by atoms with Gasteiger partial charge in [-0.1, -0.05) is 81.4 Å². The molecule has 0 amide bonds. The molecule has 2 rings (SSSR count). The first kappa shape index (κ1) is 14.2. The van der Waals surface area contributed by atoms with Crippen LogP contribution < -0.4 is 10.6 Å². The highest BCUT2D eigenvalue weighted by Gasteiger charge is 2.18. The Morgan fingerprint density at radius 2 is 1.21 bits per heavy atom. The van der Waals surface area contributed by atoms with Gasteiger partial charge in [0.1, 0.15) is 0 Å². The van der Waals surface area contributed by atoms with Crippen LogP contribution in [-0.4, -0.2) is 6.61 Å². The maximum absolute atomic E-state index is 6.24. The standard InChI is InChI=1S/C17H21OP/c1-17(2,3)14-18-19(15-10-6-4-7-11-15)16-12-8-5-9-13-16/h4-13H,14H2,1-3H3. The maximum Gasteiger partial charge on any atom is 0.0917 e. The Labute approximate surface area is 117 Å². The van der Waals surface area contributed by atoms with Crippen LogP contribution in [0.1, 0.15) is 20.8 Å². The first-order valence-electron chi connectivity index (χ1n) is 6.59. The largest absolute Gasteiger partial charge is 0.349 e. The average Bonchev–Trinajstić information content (AvgIpc) is 2.40. The lowest BCUT2D eigenvalue weighted by Crippen LogP contribution is -2.19. The van der Waals surface area contributed by atoms with Crippen molar-refractivity contribution in [1.29, 1.82) is 0 Å². The Bertz CT molecular complexity index is 448. The van der Waals surface area contributed by atoms with E-state index in [1.54, 1.807) is 0 Å². The van der Waals surface area contributed by atoms with E-state index in [1.807, 2.05) is 12.1 Å². The predicted octanol–water partition coefficient (Wildman–Crippen LogP) is 4.10. The summed E-state index contributed by atoms with van der Waals surface area (Å²) in [6.07, 6.45) is 0. The molecule has 0 atom stereocenters. The third kappa shape index (κ3) is 4.45. The van der Waals surface area contributed by atoms with Crippen LogP contribution in [0.4, 0.5) is 0 Å². The molecule has 0 aliphatic heterocycles. The van der Waals surface area contributed by atoms with Gasteiger partial charge in [0.05, 0.1) is 14.8 Å². The molecule has 0 heterocycles. The Morgan fingerprint density at radius 1 is 0.789 bits per heavy atom. The zero-order chi connectivity index (χ0) is 13.7. The highest BCUT2D eigenvalue weighted by Crippen LogP contribution is 2.36. The second kappa shape index (κ2) is 6.32. The number of hydrogen-bond acceptors (Lipinski definition) is 1. The highest BCUT2D eigenvalue weighted by atomic mass is 31.1. The normalized spacial score (nSPS) is 11.8. The number of hydrogen-bond donors (Lipinski definition) is 0. The zero-order valence-corrected chi connectivity index (χ0v) is 12.7. The lowest BCUT2D eigenvalue weighted by atomic mass is 9.99. The summed E-state index contributed by atoms with van der Waals surface area (Å²) in [4.78, 5) is 0. The van der Waals surface area contributed by atoms with Crippen molar-refractivity contribution in [2.75, 3.05) is 6.61 Å². The molecular formula is C17H21OP. The lowest BCUT2D eigenvalue weighted by Gasteiger charge is -2.24. The van der Waals surface area contributed by atoms with Gasteiger partial charge in [-0.25, -0.2) is 0 Å². The predicted molar refractivity (Wildman–Crippen MR) is 84.5 cm³/mol. The van der Waals surface area contributed by atoms with Crippen molar-refractivity contribution in [2.24, 2.45) is 5.41 Å². The van der Waals surface area contributed by atoms with Gasteiger partial charge in [-0.3, -0.25) is 0 Å². The quantitative estimate of drug-likeness (QED) is 0.761. The Hall–Kier alpha value is -1.17. The van der Waals surface area contributed by atoms with E-state index in [0.717, 1.165) is 6.61 Å². The Balaban J connectivity index is 2.24. The van der Waals surface area contributed by atoms with Gasteiger partial charge in [0.2, 0.25) is 0 Å². The van der Waals surface area contributed by atoms with Gasteiger partial charge in [-0.2, -0.15) is 0 Å². The van der Waals surface area contributed by atoms with Crippen molar-refractivity contribution in [3.05, 3.63) is 60.7 Å². The molecule has 0 saturated carbocycles. The van der Waals surface area contributed by atoms with Crippen molar-refractivity contribution < 1.29 is 4.52 Å². The van der Waals surface area contributed by atoms with Crippen molar-refractivity contribution in [3.63, 3.8) is 0 Å². The third-order valence-electron chi connectivity index (χ3n) is 2.61. The van der Waals surface area contributed by atoms with E-state index in [9.17, 15) is 0 Å². The molecule has 2 aromatic carbocycles. The van der Waals surface area contributed by atoms with Crippen LogP contribution in [0.5, 0.6) is 0 Å². The van der Waals surface area contributed by atoms with Crippen LogP contribution in [0.25, 0.3) is 0 Å². The number of benzene rings is 2. The Kier molecular flexibility index (Phi) is 4.74. The zero-order valence-electron chi connectivity index (χ0n) is 11.8. The molecule has 0 N–H and O–H groups in total. The van der Waals surface area contributed by atoms with Gasteiger partial charge in [0.25, 0.3) is 0 Å². The number of rotatable bonds is 4. The van der Waals surface area contributed by atoms with E-state index in [2.05, 4.69) is 69.3 Å². The van der Waals surface area contributed by atoms with E-state index < -0.39 is 8.15 Å². The van der Waals surface area contributed by atoms with Gasteiger partial charge in [0, 0.05) is 10.6 Å². The molecule has 1 nitrogen and oxygen atoms in total. The van der Waals surface area contributed by atoms with Crippen LogP contribution in [-0.2, 0) is 4.52 Å². The highest BCUT2D eigenvalue weighted by molar-refractivity contribution is 7.68. The van der Waals surface area contributed by atoms with Crippen molar-refractivity contribution >= 4 is 18.8 Å². The van der Waals surface area contributed by atoms with Gasteiger partial charge in [-0.15, -0.1) is 0 Å². The smallest absolute Gasteiger partial charge is 0.0917 e. The van der Waals surface area contributed by atoms with Crippen LogP contribution >= 0.6 is 8.15 Å². The van der Waals surface area contributed by atoms with Gasteiger partial charge in [0.15, 0.2) is 0 Å². The fourth-order valence-corrected chi connectivity index (χ4v) is 3.68. The molecule has 0 aliphatic carbocycles.